The standard InChI is InChI=1S/C27H22F2N6O7S/c1-3-33-15-24(25(36)35(27(33)38)19-7-4-16(28)5-8-19)42-26(37)31-17-6-9-22(20(29)12-17)41-23-13-18(32-43(2,39)40)14-34-21(23)10-11-30-34/h4-15,32H,3H2,1-2H3,(H,31,37). The number of aryl methyl sites for hydroxylation is 1. The van der Waals surface area contributed by atoms with Crippen LogP contribution in [0.15, 0.2) is 82.8 Å². The molecule has 0 unspecified atom stereocenters. The van der Waals surface area contributed by atoms with Gasteiger partial charge < -0.3 is 9.47 Å². The molecule has 1 amide bonds. The van der Waals surface area contributed by atoms with E-state index in [-0.39, 0.29) is 35.1 Å². The maximum Gasteiger partial charge on any atom is 0.417 e. The van der Waals surface area contributed by atoms with Crippen molar-refractivity contribution >= 4 is 33.0 Å². The minimum absolute atomic E-state index is 0.0560. The van der Waals surface area contributed by atoms with Crippen LogP contribution in [0.4, 0.5) is 25.0 Å². The number of carbonyl (C=O) groups excluding carboxylic acids is 1. The van der Waals surface area contributed by atoms with Crippen molar-refractivity contribution in [2.24, 2.45) is 0 Å². The zero-order valence-electron chi connectivity index (χ0n) is 22.4. The maximum atomic E-state index is 15.0. The third kappa shape index (κ3) is 6.38. The number of hydrogen-bond acceptors (Lipinski definition) is 8. The molecule has 3 heterocycles. The summed E-state index contributed by atoms with van der Waals surface area (Å²) in [5.41, 5.74) is -1.14. The number of amides is 1. The van der Waals surface area contributed by atoms with Crippen LogP contribution in [0.5, 0.6) is 17.2 Å². The lowest BCUT2D eigenvalue weighted by Gasteiger charge is -2.13. The third-order valence-corrected chi connectivity index (χ3v) is 6.53. The lowest BCUT2D eigenvalue weighted by Crippen LogP contribution is -2.39. The van der Waals surface area contributed by atoms with Gasteiger partial charge in [0.15, 0.2) is 17.3 Å². The molecule has 0 spiro atoms. The largest absolute Gasteiger partial charge is 0.452 e. The average molecular weight is 613 g/mol. The minimum atomic E-state index is -3.62. The van der Waals surface area contributed by atoms with Gasteiger partial charge in [-0.15, -0.1) is 0 Å². The van der Waals surface area contributed by atoms with Crippen LogP contribution in [0, 0.1) is 11.6 Å². The summed E-state index contributed by atoms with van der Waals surface area (Å²) >= 11 is 0. The summed E-state index contributed by atoms with van der Waals surface area (Å²) in [7, 11) is -3.62. The summed E-state index contributed by atoms with van der Waals surface area (Å²) in [5, 5.41) is 6.35. The van der Waals surface area contributed by atoms with Crippen LogP contribution in [0.2, 0.25) is 0 Å². The second-order valence-electron chi connectivity index (χ2n) is 9.07. The van der Waals surface area contributed by atoms with E-state index in [0.29, 0.717) is 5.52 Å². The predicted octanol–water partition coefficient (Wildman–Crippen LogP) is 3.72. The van der Waals surface area contributed by atoms with Crippen molar-refractivity contribution in [1.82, 2.24) is 18.7 Å². The van der Waals surface area contributed by atoms with Crippen molar-refractivity contribution in [2.75, 3.05) is 16.3 Å². The number of rotatable bonds is 8. The fourth-order valence-corrected chi connectivity index (χ4v) is 4.60. The molecular weight excluding hydrogens is 590 g/mol. The number of halogens is 2. The molecule has 43 heavy (non-hydrogen) atoms. The molecule has 0 aliphatic carbocycles. The van der Waals surface area contributed by atoms with Gasteiger partial charge in [-0.1, -0.05) is 0 Å². The van der Waals surface area contributed by atoms with E-state index in [1.54, 1.807) is 13.0 Å². The molecule has 13 nitrogen and oxygen atoms in total. The van der Waals surface area contributed by atoms with Gasteiger partial charge in [0.2, 0.25) is 15.8 Å². The van der Waals surface area contributed by atoms with Crippen LogP contribution in [0.3, 0.4) is 0 Å². The molecule has 0 aliphatic heterocycles. The molecule has 0 fully saturated rings. The van der Waals surface area contributed by atoms with E-state index < -0.39 is 44.7 Å². The van der Waals surface area contributed by atoms with E-state index in [1.807, 2.05) is 0 Å². The quantitative estimate of drug-likeness (QED) is 0.269. The first-order valence-corrected chi connectivity index (χ1v) is 14.3. The normalized spacial score (nSPS) is 11.3. The predicted molar refractivity (Wildman–Crippen MR) is 152 cm³/mol. The van der Waals surface area contributed by atoms with E-state index in [1.165, 1.54) is 47.2 Å². The van der Waals surface area contributed by atoms with E-state index in [2.05, 4.69) is 15.1 Å². The summed E-state index contributed by atoms with van der Waals surface area (Å²) < 4.78 is 68.1. The van der Waals surface area contributed by atoms with Crippen molar-refractivity contribution in [3.05, 3.63) is 106 Å². The number of benzene rings is 2. The monoisotopic (exact) mass is 612 g/mol. The fraction of sp³-hybridized carbons (Fsp3) is 0.111. The van der Waals surface area contributed by atoms with E-state index in [9.17, 15) is 27.2 Å². The van der Waals surface area contributed by atoms with Crippen molar-refractivity contribution in [3.63, 3.8) is 0 Å². The number of aromatic nitrogens is 4. The number of pyridine rings is 1. The third-order valence-electron chi connectivity index (χ3n) is 5.92. The molecule has 2 aromatic carbocycles. The smallest absolute Gasteiger partial charge is 0.417 e. The van der Waals surface area contributed by atoms with Crippen molar-refractivity contribution in [1.29, 1.82) is 0 Å². The molecule has 0 saturated carbocycles. The van der Waals surface area contributed by atoms with Gasteiger partial charge in [0, 0.05) is 24.4 Å². The summed E-state index contributed by atoms with van der Waals surface area (Å²) in [6.45, 7) is 1.76. The SMILES string of the molecule is CCn1cc(OC(=O)Nc2ccc(Oc3cc(NS(C)(=O)=O)cn4nccc34)c(F)c2)c(=O)n(-c2ccc(F)cc2)c1=O. The number of ether oxygens (including phenoxy) is 2. The molecule has 16 heteroatoms. The molecule has 222 valence electrons. The van der Waals surface area contributed by atoms with E-state index >= 15 is 4.39 Å². The average Bonchev–Trinajstić information content (AvgIpc) is 3.41. The van der Waals surface area contributed by atoms with Crippen molar-refractivity contribution < 1.29 is 31.5 Å². The Morgan fingerprint density at radius 1 is 0.953 bits per heavy atom. The van der Waals surface area contributed by atoms with Crippen LogP contribution in [-0.4, -0.2) is 39.5 Å². The number of nitrogens with zero attached hydrogens (tertiary/aromatic N) is 4. The zero-order valence-corrected chi connectivity index (χ0v) is 23.3. The maximum absolute atomic E-state index is 15.0. The van der Waals surface area contributed by atoms with E-state index in [0.717, 1.165) is 39.8 Å². The van der Waals surface area contributed by atoms with Gasteiger partial charge in [0.25, 0.3) is 0 Å². The first kappa shape index (κ1) is 29.0. The molecule has 0 atom stereocenters. The molecule has 2 N–H and O–H groups in total. The topological polar surface area (TPSA) is 155 Å². The number of fused-ring (bicyclic) bond motifs is 1. The second kappa shape index (κ2) is 11.4. The van der Waals surface area contributed by atoms with Gasteiger partial charge in [-0.05, 0) is 49.4 Å². The number of nitrogens with one attached hydrogen (secondary N) is 2. The summed E-state index contributed by atoms with van der Waals surface area (Å²) in [5.74, 6) is -2.13. The highest BCUT2D eigenvalue weighted by Crippen LogP contribution is 2.32. The Labute approximate surface area is 241 Å². The Kier molecular flexibility index (Phi) is 7.69. The van der Waals surface area contributed by atoms with E-state index in [4.69, 9.17) is 9.47 Å². The molecule has 3 aromatic heterocycles. The van der Waals surface area contributed by atoms with Crippen LogP contribution >= 0.6 is 0 Å². The van der Waals surface area contributed by atoms with Gasteiger partial charge >= 0.3 is 17.3 Å². The first-order valence-electron chi connectivity index (χ1n) is 12.5. The second-order valence-corrected chi connectivity index (χ2v) is 10.8. The van der Waals surface area contributed by atoms with Crippen molar-refractivity contribution in [3.8, 4) is 22.9 Å². The highest BCUT2D eigenvalue weighted by Gasteiger charge is 2.18. The highest BCUT2D eigenvalue weighted by molar-refractivity contribution is 7.92. The number of anilines is 2. The van der Waals surface area contributed by atoms with Crippen LogP contribution < -0.4 is 30.8 Å². The molecule has 0 bridgehead atoms. The fourth-order valence-electron chi connectivity index (χ4n) is 4.06. The van der Waals surface area contributed by atoms with Gasteiger partial charge in [0.05, 0.1) is 36.2 Å². The number of sulfonamides is 1. The molecule has 5 rings (SSSR count). The first-order chi connectivity index (χ1) is 20.4. The Balaban J connectivity index is 1.36. The lowest BCUT2D eigenvalue weighted by atomic mass is 10.3. The number of hydrogen-bond donors (Lipinski definition) is 2. The summed E-state index contributed by atoms with van der Waals surface area (Å²) in [4.78, 5) is 38.4. The van der Waals surface area contributed by atoms with Gasteiger partial charge in [0.1, 0.15) is 11.3 Å². The Morgan fingerprint density at radius 2 is 1.70 bits per heavy atom. The molecule has 0 saturated heterocycles. The van der Waals surface area contributed by atoms with Crippen LogP contribution in [0.1, 0.15) is 6.92 Å². The van der Waals surface area contributed by atoms with Crippen LogP contribution in [0.25, 0.3) is 11.2 Å². The minimum Gasteiger partial charge on any atom is -0.452 e. The van der Waals surface area contributed by atoms with Gasteiger partial charge in [-0.2, -0.15) is 5.10 Å². The molecule has 0 radical (unpaired) electrons. The summed E-state index contributed by atoms with van der Waals surface area (Å²) in [6, 6.07) is 11.0. The zero-order chi connectivity index (χ0) is 30.9. The molecule has 5 aromatic rings. The van der Waals surface area contributed by atoms with Gasteiger partial charge in [-0.3, -0.25) is 19.4 Å². The Morgan fingerprint density at radius 3 is 2.37 bits per heavy atom. The highest BCUT2D eigenvalue weighted by atomic mass is 32.2. The lowest BCUT2D eigenvalue weighted by molar-refractivity contribution is 0.213. The summed E-state index contributed by atoms with van der Waals surface area (Å²) in [6.07, 6.45) is 3.74. The molecule has 0 aliphatic rings. The molecular formula is C27H22F2N6O7S. The number of carbonyl (C=O) groups is 1. The van der Waals surface area contributed by atoms with Crippen LogP contribution in [-0.2, 0) is 16.6 Å². The van der Waals surface area contributed by atoms with Crippen molar-refractivity contribution in [2.45, 2.75) is 13.5 Å². The van der Waals surface area contributed by atoms with Gasteiger partial charge in [-0.25, -0.2) is 35.9 Å². The Bertz CT molecular complexity index is 2090. The Hall–Kier alpha value is -5.51.